The van der Waals surface area contributed by atoms with Crippen molar-refractivity contribution in [1.29, 1.82) is 0 Å². The molecule has 1 fully saturated rings. The Labute approximate surface area is 132 Å². The van der Waals surface area contributed by atoms with E-state index in [9.17, 15) is 9.59 Å². The molecule has 1 N–H and O–H groups in total. The fourth-order valence-corrected chi connectivity index (χ4v) is 2.89. The smallest absolute Gasteiger partial charge is 0.308 e. The van der Waals surface area contributed by atoms with Gasteiger partial charge in [0.15, 0.2) is 0 Å². The van der Waals surface area contributed by atoms with Gasteiger partial charge in [0.05, 0.1) is 12.3 Å². The monoisotopic (exact) mass is 387 g/mol. The summed E-state index contributed by atoms with van der Waals surface area (Å²) in [6, 6.07) is 7.97. The van der Waals surface area contributed by atoms with Crippen molar-refractivity contribution in [2.75, 3.05) is 6.54 Å². The normalized spacial score (nSPS) is 22.6. The molecule has 1 aliphatic rings. The molecule has 0 aromatic heterocycles. The van der Waals surface area contributed by atoms with Crippen LogP contribution in [0.5, 0.6) is 0 Å². The minimum Gasteiger partial charge on any atom is -0.481 e. The molecule has 20 heavy (non-hydrogen) atoms. The predicted molar refractivity (Wildman–Crippen MR) is 84.4 cm³/mol. The van der Waals surface area contributed by atoms with E-state index in [0.717, 1.165) is 15.6 Å². The maximum absolute atomic E-state index is 12.4. The number of rotatable bonds is 3. The number of benzene rings is 1. The van der Waals surface area contributed by atoms with Crippen molar-refractivity contribution in [2.24, 2.45) is 5.92 Å². The summed E-state index contributed by atoms with van der Waals surface area (Å²) >= 11 is 2.23. The van der Waals surface area contributed by atoms with Gasteiger partial charge in [0.2, 0.25) is 5.91 Å². The Morgan fingerprint density at radius 3 is 2.55 bits per heavy atom. The number of hydrogen-bond acceptors (Lipinski definition) is 2. The van der Waals surface area contributed by atoms with Crippen LogP contribution >= 0.6 is 22.6 Å². The summed E-state index contributed by atoms with van der Waals surface area (Å²) in [5.41, 5.74) is 0.972. The van der Waals surface area contributed by atoms with Crippen molar-refractivity contribution in [3.8, 4) is 0 Å². The number of aliphatic carboxylic acids is 1. The quantitative estimate of drug-likeness (QED) is 0.812. The van der Waals surface area contributed by atoms with Gasteiger partial charge >= 0.3 is 5.97 Å². The molecule has 2 atom stereocenters. The van der Waals surface area contributed by atoms with E-state index >= 15 is 0 Å². The van der Waals surface area contributed by atoms with Crippen molar-refractivity contribution in [3.63, 3.8) is 0 Å². The Balaban J connectivity index is 2.03. The lowest BCUT2D eigenvalue weighted by Crippen LogP contribution is -2.47. The highest BCUT2D eigenvalue weighted by atomic mass is 127. The third-order valence-electron chi connectivity index (χ3n) is 3.82. The highest BCUT2D eigenvalue weighted by molar-refractivity contribution is 14.1. The van der Waals surface area contributed by atoms with Crippen LogP contribution in [0.15, 0.2) is 24.3 Å². The molecule has 1 aliphatic heterocycles. The van der Waals surface area contributed by atoms with E-state index in [4.69, 9.17) is 5.11 Å². The first kappa shape index (κ1) is 15.3. The van der Waals surface area contributed by atoms with Crippen molar-refractivity contribution in [2.45, 2.75) is 32.2 Å². The fraction of sp³-hybridized carbons (Fsp3) is 0.467. The van der Waals surface area contributed by atoms with Gasteiger partial charge in [0.25, 0.3) is 0 Å². The topological polar surface area (TPSA) is 57.6 Å². The highest BCUT2D eigenvalue weighted by Gasteiger charge is 2.32. The van der Waals surface area contributed by atoms with Gasteiger partial charge in [-0.25, -0.2) is 0 Å². The van der Waals surface area contributed by atoms with Gasteiger partial charge < -0.3 is 10.0 Å². The van der Waals surface area contributed by atoms with Gasteiger partial charge in [-0.3, -0.25) is 9.59 Å². The van der Waals surface area contributed by atoms with Crippen LogP contribution in [-0.2, 0) is 16.0 Å². The minimum atomic E-state index is -0.802. The molecule has 1 aromatic rings. The predicted octanol–water partition coefficient (Wildman–Crippen LogP) is 2.55. The molecule has 1 amide bonds. The molecule has 0 saturated carbocycles. The molecule has 0 radical (unpaired) electrons. The van der Waals surface area contributed by atoms with E-state index in [2.05, 4.69) is 22.6 Å². The van der Waals surface area contributed by atoms with E-state index in [1.165, 1.54) is 0 Å². The summed E-state index contributed by atoms with van der Waals surface area (Å²) in [5.74, 6) is -1.21. The van der Waals surface area contributed by atoms with E-state index in [1.807, 2.05) is 31.2 Å². The van der Waals surface area contributed by atoms with Gasteiger partial charge in [-0.15, -0.1) is 0 Å². The van der Waals surface area contributed by atoms with Crippen LogP contribution in [0, 0.1) is 9.49 Å². The van der Waals surface area contributed by atoms with Crippen LogP contribution in [0.25, 0.3) is 0 Å². The summed E-state index contributed by atoms with van der Waals surface area (Å²) in [6.45, 7) is 2.32. The third kappa shape index (κ3) is 3.71. The molecule has 2 unspecified atom stereocenters. The zero-order valence-electron chi connectivity index (χ0n) is 11.4. The van der Waals surface area contributed by atoms with Crippen LogP contribution in [0.2, 0.25) is 0 Å². The van der Waals surface area contributed by atoms with E-state index in [1.54, 1.807) is 4.90 Å². The third-order valence-corrected chi connectivity index (χ3v) is 4.54. The maximum Gasteiger partial charge on any atom is 0.308 e. The van der Waals surface area contributed by atoms with Crippen LogP contribution in [0.4, 0.5) is 0 Å². The standard InChI is InChI=1S/C15H18INO3/c1-10-2-5-12(15(19)20)9-17(10)14(18)8-11-3-6-13(16)7-4-11/h3-4,6-7,10,12H,2,5,8-9H2,1H3,(H,19,20). The number of carboxylic acids is 1. The Bertz CT molecular complexity index is 500. The first-order chi connectivity index (χ1) is 9.47. The number of carbonyl (C=O) groups is 2. The molecule has 5 heteroatoms. The summed E-state index contributed by atoms with van der Waals surface area (Å²) in [4.78, 5) is 25.2. The number of carboxylic acid groups (broad SMARTS) is 1. The number of carbonyl (C=O) groups excluding carboxylic acids is 1. The summed E-state index contributed by atoms with van der Waals surface area (Å²) < 4.78 is 1.14. The lowest BCUT2D eigenvalue weighted by atomic mass is 9.93. The second-order valence-corrected chi connectivity index (χ2v) is 6.56. The molecule has 1 heterocycles. The van der Waals surface area contributed by atoms with Crippen molar-refractivity contribution in [1.82, 2.24) is 4.90 Å². The molecule has 108 valence electrons. The van der Waals surface area contributed by atoms with Gasteiger partial charge in [0, 0.05) is 16.2 Å². The molecular weight excluding hydrogens is 369 g/mol. The van der Waals surface area contributed by atoms with Crippen molar-refractivity contribution >= 4 is 34.5 Å². The number of piperidine rings is 1. The second kappa shape index (κ2) is 6.56. The summed E-state index contributed by atoms with van der Waals surface area (Å²) in [5, 5.41) is 9.11. The van der Waals surface area contributed by atoms with E-state index < -0.39 is 11.9 Å². The SMILES string of the molecule is CC1CCC(C(=O)O)CN1C(=O)Cc1ccc(I)cc1. The second-order valence-electron chi connectivity index (χ2n) is 5.31. The highest BCUT2D eigenvalue weighted by Crippen LogP contribution is 2.23. The number of hydrogen-bond donors (Lipinski definition) is 1. The number of likely N-dealkylation sites (tertiary alicyclic amines) is 1. The van der Waals surface area contributed by atoms with Gasteiger partial charge in [-0.05, 0) is 60.1 Å². The number of halogens is 1. The van der Waals surface area contributed by atoms with Crippen LogP contribution in [0.3, 0.4) is 0 Å². The van der Waals surface area contributed by atoms with Gasteiger partial charge in [-0.2, -0.15) is 0 Å². The van der Waals surface area contributed by atoms with E-state index in [0.29, 0.717) is 19.4 Å². The first-order valence-electron chi connectivity index (χ1n) is 6.74. The average Bonchev–Trinajstić information content (AvgIpc) is 2.41. The summed E-state index contributed by atoms with van der Waals surface area (Å²) in [7, 11) is 0. The summed E-state index contributed by atoms with van der Waals surface area (Å²) in [6.07, 6.45) is 1.76. The molecule has 4 nitrogen and oxygen atoms in total. The first-order valence-corrected chi connectivity index (χ1v) is 7.82. The maximum atomic E-state index is 12.4. The Morgan fingerprint density at radius 2 is 1.95 bits per heavy atom. The molecule has 0 spiro atoms. The lowest BCUT2D eigenvalue weighted by Gasteiger charge is -2.36. The van der Waals surface area contributed by atoms with Gasteiger partial charge in [-0.1, -0.05) is 12.1 Å². The zero-order valence-corrected chi connectivity index (χ0v) is 13.5. The molecule has 0 bridgehead atoms. The molecule has 2 rings (SSSR count). The largest absolute Gasteiger partial charge is 0.481 e. The molecule has 0 aliphatic carbocycles. The van der Waals surface area contributed by atoms with Crippen LogP contribution in [-0.4, -0.2) is 34.5 Å². The van der Waals surface area contributed by atoms with Crippen LogP contribution < -0.4 is 0 Å². The Kier molecular flexibility index (Phi) is 5.01. The zero-order chi connectivity index (χ0) is 14.7. The molecular formula is C15H18INO3. The molecule has 1 aromatic carbocycles. The average molecular weight is 387 g/mol. The number of amides is 1. The molecule has 1 saturated heterocycles. The van der Waals surface area contributed by atoms with E-state index in [-0.39, 0.29) is 11.9 Å². The van der Waals surface area contributed by atoms with Crippen LogP contribution in [0.1, 0.15) is 25.3 Å². The Morgan fingerprint density at radius 1 is 1.30 bits per heavy atom. The lowest BCUT2D eigenvalue weighted by molar-refractivity contribution is -0.146. The fourth-order valence-electron chi connectivity index (χ4n) is 2.53. The van der Waals surface area contributed by atoms with Crippen molar-refractivity contribution in [3.05, 3.63) is 33.4 Å². The minimum absolute atomic E-state index is 0.0182. The van der Waals surface area contributed by atoms with Gasteiger partial charge in [0.1, 0.15) is 0 Å². The van der Waals surface area contributed by atoms with Crippen molar-refractivity contribution < 1.29 is 14.7 Å². The Hall–Kier alpha value is -1.11. The number of nitrogens with zero attached hydrogens (tertiary/aromatic N) is 1.